The molecule has 1 atom stereocenters. The first kappa shape index (κ1) is 16.7. The van der Waals surface area contributed by atoms with Gasteiger partial charge in [-0.1, -0.05) is 18.2 Å². The number of carbonyl (C=O) groups is 1. The first-order valence-electron chi connectivity index (χ1n) is 8.19. The number of carbonyl (C=O) groups excluding carboxylic acids is 1. The van der Waals surface area contributed by atoms with Gasteiger partial charge in [0.1, 0.15) is 6.10 Å². The minimum Gasteiger partial charge on any atom is -0.383 e. The molecule has 0 saturated carbocycles. The van der Waals surface area contributed by atoms with Crippen LogP contribution in [0.5, 0.6) is 0 Å². The molecule has 1 aliphatic heterocycles. The summed E-state index contributed by atoms with van der Waals surface area (Å²) in [5.41, 5.74) is 1.19. The Hall–Kier alpha value is -2.18. The summed E-state index contributed by atoms with van der Waals surface area (Å²) >= 11 is 0. The molecular weight excluding hydrogens is 308 g/mol. The molecule has 1 aromatic carbocycles. The summed E-state index contributed by atoms with van der Waals surface area (Å²) in [5, 5.41) is 0.948. The van der Waals surface area contributed by atoms with Crippen LogP contribution in [0.2, 0.25) is 0 Å². The number of hydrogen-bond donors (Lipinski definition) is 1. The number of nitrogens with zero attached hydrogens (tertiary/aromatic N) is 1. The molecule has 1 amide bonds. The summed E-state index contributed by atoms with van der Waals surface area (Å²) in [4.78, 5) is 29.5. The number of rotatable bonds is 6. The van der Waals surface area contributed by atoms with Gasteiger partial charge in [-0.25, -0.2) is 0 Å². The standard InChI is InChI=1S/C18H22N2O4/c1-23-10-8-20(18(22)16-7-4-9-24-16)12-14-11-13-5-2-3-6-15(13)19-17(14)21/h2-3,5-6,11,16H,4,7-10,12H2,1H3,(H,19,21). The SMILES string of the molecule is COCCN(Cc1cc2ccccc2[nH]c1=O)C(=O)C1CCCO1. The van der Waals surface area contributed by atoms with Crippen LogP contribution < -0.4 is 5.56 Å². The number of fused-ring (bicyclic) bond motifs is 1. The van der Waals surface area contributed by atoms with Crippen molar-refractivity contribution in [3.05, 3.63) is 46.2 Å². The molecular formula is C18H22N2O4. The number of H-pyrrole nitrogens is 1. The van der Waals surface area contributed by atoms with Gasteiger partial charge in [0.15, 0.2) is 0 Å². The van der Waals surface area contributed by atoms with Crippen molar-refractivity contribution in [2.24, 2.45) is 0 Å². The van der Waals surface area contributed by atoms with Crippen LogP contribution in [-0.4, -0.2) is 48.8 Å². The fraction of sp³-hybridized carbons (Fsp3) is 0.444. The Morgan fingerprint density at radius 1 is 1.42 bits per heavy atom. The average molecular weight is 330 g/mol. The second-order valence-electron chi connectivity index (χ2n) is 5.97. The number of benzene rings is 1. The van der Waals surface area contributed by atoms with Crippen LogP contribution in [-0.2, 0) is 20.8 Å². The van der Waals surface area contributed by atoms with Crippen LogP contribution in [0.4, 0.5) is 0 Å². The molecule has 1 saturated heterocycles. The predicted octanol–water partition coefficient (Wildman–Crippen LogP) is 1.68. The lowest BCUT2D eigenvalue weighted by atomic mass is 10.1. The molecule has 2 aromatic rings. The molecule has 1 unspecified atom stereocenters. The summed E-state index contributed by atoms with van der Waals surface area (Å²) in [5.74, 6) is -0.0721. The zero-order valence-electron chi connectivity index (χ0n) is 13.8. The molecule has 0 bridgehead atoms. The predicted molar refractivity (Wildman–Crippen MR) is 90.8 cm³/mol. The van der Waals surface area contributed by atoms with E-state index < -0.39 is 6.10 Å². The minimum absolute atomic E-state index is 0.0721. The molecule has 1 N–H and O–H groups in total. The number of methoxy groups -OCH3 is 1. The Kier molecular flexibility index (Phi) is 5.27. The van der Waals surface area contributed by atoms with Crippen LogP contribution in [0.1, 0.15) is 18.4 Å². The van der Waals surface area contributed by atoms with E-state index >= 15 is 0 Å². The highest BCUT2D eigenvalue weighted by Gasteiger charge is 2.28. The number of aromatic amines is 1. The number of pyridine rings is 1. The van der Waals surface area contributed by atoms with Crippen LogP contribution in [0.25, 0.3) is 10.9 Å². The first-order chi connectivity index (χ1) is 11.7. The van der Waals surface area contributed by atoms with Gasteiger partial charge in [0, 0.05) is 31.3 Å². The van der Waals surface area contributed by atoms with Gasteiger partial charge in [-0.2, -0.15) is 0 Å². The maximum atomic E-state index is 12.7. The highest BCUT2D eigenvalue weighted by Crippen LogP contribution is 2.17. The lowest BCUT2D eigenvalue weighted by Crippen LogP contribution is -2.41. The van der Waals surface area contributed by atoms with E-state index in [-0.39, 0.29) is 18.0 Å². The fourth-order valence-corrected chi connectivity index (χ4v) is 2.96. The minimum atomic E-state index is -0.401. The van der Waals surface area contributed by atoms with E-state index in [1.807, 2.05) is 30.3 Å². The number of nitrogens with one attached hydrogen (secondary N) is 1. The van der Waals surface area contributed by atoms with E-state index in [0.717, 1.165) is 23.7 Å². The Bertz CT molecular complexity index is 765. The fourth-order valence-electron chi connectivity index (χ4n) is 2.96. The summed E-state index contributed by atoms with van der Waals surface area (Å²) in [6, 6.07) is 9.45. The maximum Gasteiger partial charge on any atom is 0.253 e. The van der Waals surface area contributed by atoms with Crippen LogP contribution >= 0.6 is 0 Å². The van der Waals surface area contributed by atoms with Crippen molar-refractivity contribution in [2.45, 2.75) is 25.5 Å². The summed E-state index contributed by atoms with van der Waals surface area (Å²) < 4.78 is 10.6. The van der Waals surface area contributed by atoms with E-state index in [4.69, 9.17) is 9.47 Å². The first-order valence-corrected chi connectivity index (χ1v) is 8.19. The Morgan fingerprint density at radius 3 is 3.00 bits per heavy atom. The van der Waals surface area contributed by atoms with Gasteiger partial charge in [-0.3, -0.25) is 9.59 Å². The van der Waals surface area contributed by atoms with Crippen molar-refractivity contribution < 1.29 is 14.3 Å². The zero-order valence-corrected chi connectivity index (χ0v) is 13.8. The lowest BCUT2D eigenvalue weighted by Gasteiger charge is -2.25. The van der Waals surface area contributed by atoms with Gasteiger partial charge in [0.25, 0.3) is 11.5 Å². The smallest absolute Gasteiger partial charge is 0.253 e. The number of amides is 1. The molecule has 0 radical (unpaired) electrons. The van der Waals surface area contributed by atoms with Crippen molar-refractivity contribution in [2.75, 3.05) is 26.9 Å². The molecule has 0 aliphatic carbocycles. The third kappa shape index (κ3) is 3.66. The third-order valence-electron chi connectivity index (χ3n) is 4.27. The summed E-state index contributed by atoms with van der Waals surface area (Å²) in [7, 11) is 1.59. The second-order valence-corrected chi connectivity index (χ2v) is 5.97. The molecule has 24 heavy (non-hydrogen) atoms. The van der Waals surface area contributed by atoms with Gasteiger partial charge in [0.05, 0.1) is 13.2 Å². The molecule has 6 heteroatoms. The average Bonchev–Trinajstić information content (AvgIpc) is 3.13. The van der Waals surface area contributed by atoms with E-state index in [0.29, 0.717) is 25.3 Å². The zero-order chi connectivity index (χ0) is 16.9. The van der Waals surface area contributed by atoms with E-state index in [2.05, 4.69) is 4.98 Å². The molecule has 128 valence electrons. The Labute approximate surface area is 140 Å². The normalized spacial score (nSPS) is 17.3. The third-order valence-corrected chi connectivity index (χ3v) is 4.27. The molecule has 1 aromatic heterocycles. The van der Waals surface area contributed by atoms with Gasteiger partial charge < -0.3 is 19.4 Å². The number of aromatic nitrogens is 1. The monoisotopic (exact) mass is 330 g/mol. The van der Waals surface area contributed by atoms with E-state index in [9.17, 15) is 9.59 Å². The molecule has 6 nitrogen and oxygen atoms in total. The van der Waals surface area contributed by atoms with Crippen molar-refractivity contribution in [3.8, 4) is 0 Å². The van der Waals surface area contributed by atoms with Gasteiger partial charge >= 0.3 is 0 Å². The van der Waals surface area contributed by atoms with Crippen LogP contribution in [0.15, 0.2) is 35.1 Å². The quantitative estimate of drug-likeness (QED) is 0.875. The van der Waals surface area contributed by atoms with E-state index in [1.165, 1.54) is 0 Å². The maximum absolute atomic E-state index is 12.7. The molecule has 2 heterocycles. The van der Waals surface area contributed by atoms with Gasteiger partial charge in [0.2, 0.25) is 0 Å². The Balaban J connectivity index is 1.84. The number of hydrogen-bond acceptors (Lipinski definition) is 4. The highest BCUT2D eigenvalue weighted by atomic mass is 16.5. The van der Waals surface area contributed by atoms with Crippen molar-refractivity contribution in [1.29, 1.82) is 0 Å². The van der Waals surface area contributed by atoms with Gasteiger partial charge in [-0.05, 0) is 30.4 Å². The lowest BCUT2D eigenvalue weighted by molar-refractivity contribution is -0.142. The Morgan fingerprint density at radius 2 is 2.25 bits per heavy atom. The number of para-hydroxylation sites is 1. The topological polar surface area (TPSA) is 71.6 Å². The molecule has 0 spiro atoms. The van der Waals surface area contributed by atoms with Crippen LogP contribution in [0.3, 0.4) is 0 Å². The largest absolute Gasteiger partial charge is 0.383 e. The van der Waals surface area contributed by atoms with Crippen molar-refractivity contribution >= 4 is 16.8 Å². The van der Waals surface area contributed by atoms with Crippen molar-refractivity contribution in [3.63, 3.8) is 0 Å². The highest BCUT2D eigenvalue weighted by molar-refractivity contribution is 5.82. The van der Waals surface area contributed by atoms with E-state index in [1.54, 1.807) is 12.0 Å². The molecule has 1 aliphatic rings. The summed E-state index contributed by atoms with van der Waals surface area (Å²) in [6.45, 7) is 1.72. The molecule has 3 rings (SSSR count). The van der Waals surface area contributed by atoms with Gasteiger partial charge in [-0.15, -0.1) is 0 Å². The molecule has 1 fully saturated rings. The van der Waals surface area contributed by atoms with Crippen molar-refractivity contribution in [1.82, 2.24) is 9.88 Å². The summed E-state index contributed by atoms with van der Waals surface area (Å²) in [6.07, 6.45) is 1.22. The number of ether oxygens (including phenoxy) is 2. The second kappa shape index (κ2) is 7.59. The van der Waals surface area contributed by atoms with Crippen LogP contribution in [0, 0.1) is 0 Å².